The molecule has 0 atom stereocenters. The Morgan fingerprint density at radius 1 is 1.13 bits per heavy atom. The molecule has 3 aromatic heterocycles. The lowest BCUT2D eigenvalue weighted by molar-refractivity contribution is -0.116. The molecule has 242 valence electrons. The topological polar surface area (TPSA) is 144 Å². The standard InChI is InChI=1S/C34H34FN7O5/c35-23-18-22(20-3-4-20)5-6-24(23)37-27(44)19-41-25-7-10-34(11-14-40(15-12-34)32(46)29-26(43)2-1-13-36-29)28(25)31(45)42-33(41)38-30(39-42)21-8-16-47-17-9-21/h1-2,5-6,8,13,18,20,43H,3-4,7,9-12,14-17,19H2,(H,37,44). The molecule has 0 radical (unpaired) electrons. The normalized spacial score (nSPS) is 18.7. The zero-order valence-electron chi connectivity index (χ0n) is 25.7. The lowest BCUT2D eigenvalue weighted by Gasteiger charge is -2.39. The smallest absolute Gasteiger partial charge is 0.279 e. The molecule has 0 unspecified atom stereocenters. The van der Waals surface area contributed by atoms with Crippen molar-refractivity contribution in [1.29, 1.82) is 0 Å². The van der Waals surface area contributed by atoms with Crippen LogP contribution in [-0.4, -0.2) is 72.3 Å². The fraction of sp³-hybridized carbons (Fsp3) is 0.412. The zero-order valence-corrected chi connectivity index (χ0v) is 25.7. The van der Waals surface area contributed by atoms with E-state index in [4.69, 9.17) is 9.72 Å². The van der Waals surface area contributed by atoms with Gasteiger partial charge in [-0.25, -0.2) is 9.37 Å². The fourth-order valence-corrected chi connectivity index (χ4v) is 7.39. The van der Waals surface area contributed by atoms with Crippen molar-refractivity contribution in [2.45, 2.75) is 62.8 Å². The SMILES string of the molecule is O=C(Cn1c2c(c(=O)n3nc(C4=CCOCC4)nc13)C1(CC2)CCN(C(=O)c2ncccc2O)CC1)Nc1ccc(C2CC2)cc1F. The molecule has 4 aromatic rings. The lowest BCUT2D eigenvalue weighted by Crippen LogP contribution is -2.46. The molecule has 2 N–H and O–H groups in total. The second-order valence-corrected chi connectivity index (χ2v) is 12.9. The van der Waals surface area contributed by atoms with Crippen molar-refractivity contribution in [3.63, 3.8) is 0 Å². The maximum absolute atomic E-state index is 15.0. The lowest BCUT2D eigenvalue weighted by atomic mass is 9.74. The van der Waals surface area contributed by atoms with Crippen LogP contribution in [0.2, 0.25) is 0 Å². The first-order chi connectivity index (χ1) is 22.8. The van der Waals surface area contributed by atoms with Crippen LogP contribution in [0.4, 0.5) is 10.1 Å². The van der Waals surface area contributed by atoms with Crippen LogP contribution in [0, 0.1) is 5.82 Å². The summed E-state index contributed by atoms with van der Waals surface area (Å²) in [5.41, 5.74) is 2.40. The van der Waals surface area contributed by atoms with Crippen LogP contribution < -0.4 is 10.9 Å². The highest BCUT2D eigenvalue weighted by Crippen LogP contribution is 2.45. The monoisotopic (exact) mass is 639 g/mol. The van der Waals surface area contributed by atoms with Gasteiger partial charge in [0.05, 0.1) is 18.9 Å². The molecular formula is C34H34FN7O5. The predicted octanol–water partition coefficient (Wildman–Crippen LogP) is 3.57. The van der Waals surface area contributed by atoms with Crippen molar-refractivity contribution < 1.29 is 23.8 Å². The molecular weight excluding hydrogens is 605 g/mol. The Hall–Kier alpha value is -4.91. The van der Waals surface area contributed by atoms with Gasteiger partial charge in [-0.2, -0.15) is 9.50 Å². The van der Waals surface area contributed by atoms with Crippen LogP contribution in [0.25, 0.3) is 11.4 Å². The number of anilines is 1. The summed E-state index contributed by atoms with van der Waals surface area (Å²) in [6, 6.07) is 7.95. The van der Waals surface area contributed by atoms with E-state index in [9.17, 15) is 23.9 Å². The van der Waals surface area contributed by atoms with Gasteiger partial charge in [-0.3, -0.25) is 14.4 Å². The number of rotatable bonds is 6. The van der Waals surface area contributed by atoms with Crippen LogP contribution in [0.15, 0.2) is 47.4 Å². The minimum absolute atomic E-state index is 0.00141. The minimum Gasteiger partial charge on any atom is -0.505 e. The number of halogens is 1. The molecule has 2 aliphatic heterocycles. The molecule has 47 heavy (non-hydrogen) atoms. The maximum atomic E-state index is 15.0. The molecule has 2 fully saturated rings. The van der Waals surface area contributed by atoms with Crippen LogP contribution in [-0.2, 0) is 27.9 Å². The van der Waals surface area contributed by atoms with Crippen LogP contribution in [0.5, 0.6) is 5.75 Å². The van der Waals surface area contributed by atoms with Crippen molar-refractivity contribution in [3.05, 3.63) is 87.1 Å². The number of hydrogen-bond acceptors (Lipinski definition) is 8. The maximum Gasteiger partial charge on any atom is 0.279 e. The molecule has 1 aromatic carbocycles. The van der Waals surface area contributed by atoms with E-state index in [0.29, 0.717) is 81.4 Å². The van der Waals surface area contributed by atoms with Gasteiger partial charge in [-0.15, -0.1) is 5.10 Å². The average Bonchev–Trinajstić information content (AvgIpc) is 3.73. The van der Waals surface area contributed by atoms with Crippen molar-refractivity contribution >= 4 is 28.9 Å². The van der Waals surface area contributed by atoms with Crippen molar-refractivity contribution in [1.82, 2.24) is 29.0 Å². The fourth-order valence-electron chi connectivity index (χ4n) is 7.39. The van der Waals surface area contributed by atoms with Crippen LogP contribution >= 0.6 is 0 Å². The number of nitrogens with zero attached hydrogens (tertiary/aromatic N) is 6. The van der Waals surface area contributed by atoms with E-state index in [2.05, 4.69) is 15.4 Å². The number of aromatic nitrogens is 5. The number of pyridine rings is 1. The Morgan fingerprint density at radius 3 is 2.68 bits per heavy atom. The van der Waals surface area contributed by atoms with Crippen LogP contribution in [0.3, 0.4) is 0 Å². The van der Waals surface area contributed by atoms with Crippen molar-refractivity contribution in [3.8, 4) is 5.75 Å². The van der Waals surface area contributed by atoms with Crippen molar-refractivity contribution in [2.24, 2.45) is 0 Å². The quantitative estimate of drug-likeness (QED) is 0.326. The van der Waals surface area contributed by atoms with E-state index >= 15 is 0 Å². The summed E-state index contributed by atoms with van der Waals surface area (Å²) in [7, 11) is 0. The highest BCUT2D eigenvalue weighted by Gasteiger charge is 2.46. The summed E-state index contributed by atoms with van der Waals surface area (Å²) < 4.78 is 23.5. The highest BCUT2D eigenvalue weighted by molar-refractivity contribution is 5.95. The molecule has 8 rings (SSSR count). The number of aromatic hydroxyl groups is 1. The number of benzene rings is 1. The van der Waals surface area contributed by atoms with Gasteiger partial charge in [-0.05, 0) is 86.3 Å². The second-order valence-electron chi connectivity index (χ2n) is 12.9. The molecule has 0 bridgehead atoms. The minimum atomic E-state index is -0.531. The summed E-state index contributed by atoms with van der Waals surface area (Å²) in [6.45, 7) is 1.50. The Kier molecular flexibility index (Phi) is 7.16. The number of fused-ring (bicyclic) bond motifs is 3. The van der Waals surface area contributed by atoms with E-state index in [0.717, 1.165) is 24.0 Å². The average molecular weight is 640 g/mol. The number of ether oxygens (including phenoxy) is 1. The molecule has 4 aliphatic rings. The van der Waals surface area contributed by atoms with Crippen LogP contribution in [0.1, 0.15) is 77.6 Å². The van der Waals surface area contributed by atoms with E-state index in [-0.39, 0.29) is 40.9 Å². The predicted molar refractivity (Wildman–Crippen MR) is 169 cm³/mol. The summed E-state index contributed by atoms with van der Waals surface area (Å²) >= 11 is 0. The third kappa shape index (κ3) is 5.18. The van der Waals surface area contributed by atoms with Gasteiger partial charge < -0.3 is 24.6 Å². The number of hydrogen-bond donors (Lipinski definition) is 2. The Balaban J connectivity index is 1.14. The number of likely N-dealkylation sites (tertiary alicyclic amines) is 1. The van der Waals surface area contributed by atoms with E-state index in [1.165, 1.54) is 22.8 Å². The largest absolute Gasteiger partial charge is 0.505 e. The number of carbonyl (C=O) groups is 2. The molecule has 2 amide bonds. The third-order valence-corrected chi connectivity index (χ3v) is 10.1. The highest BCUT2D eigenvalue weighted by atomic mass is 19.1. The van der Waals surface area contributed by atoms with Gasteiger partial charge in [0.15, 0.2) is 11.5 Å². The second kappa shape index (κ2) is 11.4. The molecule has 13 heteroatoms. The number of amides is 2. The van der Waals surface area contributed by atoms with E-state index in [1.807, 2.05) is 12.1 Å². The van der Waals surface area contributed by atoms with Gasteiger partial charge in [0.2, 0.25) is 11.7 Å². The summed E-state index contributed by atoms with van der Waals surface area (Å²) in [5.74, 6) is -0.396. The van der Waals surface area contributed by atoms with Gasteiger partial charge in [0.1, 0.15) is 18.1 Å². The number of carbonyl (C=O) groups excluding carboxylic acids is 2. The van der Waals surface area contributed by atoms with Gasteiger partial charge >= 0.3 is 0 Å². The molecule has 1 saturated heterocycles. The van der Waals surface area contributed by atoms with Gasteiger partial charge in [0, 0.05) is 36.0 Å². The summed E-state index contributed by atoms with van der Waals surface area (Å²) in [6.07, 6.45) is 8.30. The molecule has 12 nitrogen and oxygen atoms in total. The Labute approximate surface area is 268 Å². The first kappa shape index (κ1) is 29.5. The van der Waals surface area contributed by atoms with Crippen molar-refractivity contribution in [2.75, 3.05) is 31.6 Å². The first-order valence-electron chi connectivity index (χ1n) is 16.1. The Bertz CT molecular complexity index is 2020. The van der Waals surface area contributed by atoms with E-state index < -0.39 is 17.1 Å². The molecule has 1 saturated carbocycles. The van der Waals surface area contributed by atoms with Gasteiger partial charge in [0.25, 0.3) is 11.5 Å². The first-order valence-corrected chi connectivity index (χ1v) is 16.1. The third-order valence-electron chi connectivity index (χ3n) is 10.1. The zero-order chi connectivity index (χ0) is 32.3. The summed E-state index contributed by atoms with van der Waals surface area (Å²) in [4.78, 5) is 51.5. The summed E-state index contributed by atoms with van der Waals surface area (Å²) in [5, 5.41) is 17.6. The Morgan fingerprint density at radius 2 is 1.96 bits per heavy atom. The number of nitrogens with one attached hydrogen (secondary N) is 1. The number of piperidine rings is 1. The molecule has 5 heterocycles. The molecule has 1 spiro atoms. The van der Waals surface area contributed by atoms with Gasteiger partial charge in [-0.1, -0.05) is 12.1 Å². The molecule has 2 aliphatic carbocycles. The van der Waals surface area contributed by atoms with E-state index in [1.54, 1.807) is 21.6 Å².